The molecule has 1 unspecified atom stereocenters. The quantitative estimate of drug-likeness (QED) is 0.610. The van der Waals surface area contributed by atoms with Crippen molar-refractivity contribution < 1.29 is 9.59 Å². The van der Waals surface area contributed by atoms with Crippen molar-refractivity contribution in [1.82, 2.24) is 9.80 Å². The molecule has 0 radical (unpaired) electrons. The van der Waals surface area contributed by atoms with E-state index in [1.807, 2.05) is 6.92 Å². The normalized spacial score (nSPS) is 22.2. The van der Waals surface area contributed by atoms with Gasteiger partial charge in [-0.05, 0) is 6.42 Å². The van der Waals surface area contributed by atoms with Crippen molar-refractivity contribution in [1.29, 1.82) is 0 Å². The van der Waals surface area contributed by atoms with Crippen LogP contribution in [0.3, 0.4) is 0 Å². The standard InChI is InChI=1S/C9H16N2O2/c1-4-8(12)11(3)7-5-6-10(2)9(7)13/h7H,4-6H2,1-3H3. The first-order valence-corrected chi connectivity index (χ1v) is 4.58. The van der Waals surface area contributed by atoms with Crippen LogP contribution in [0.15, 0.2) is 0 Å². The second-order valence-corrected chi connectivity index (χ2v) is 3.42. The Kier molecular flexibility index (Phi) is 2.90. The molecule has 1 rings (SSSR count). The summed E-state index contributed by atoms with van der Waals surface area (Å²) in [6, 6.07) is -0.225. The average Bonchev–Trinajstić information content (AvgIpc) is 2.45. The maximum absolute atomic E-state index is 11.5. The molecular formula is C9H16N2O2. The van der Waals surface area contributed by atoms with E-state index < -0.39 is 0 Å². The molecule has 1 atom stereocenters. The zero-order chi connectivity index (χ0) is 10.0. The fraction of sp³-hybridized carbons (Fsp3) is 0.778. The lowest BCUT2D eigenvalue weighted by Crippen LogP contribution is -2.41. The fourth-order valence-electron chi connectivity index (χ4n) is 1.59. The van der Waals surface area contributed by atoms with Gasteiger partial charge in [0.05, 0.1) is 0 Å². The van der Waals surface area contributed by atoms with Crippen LogP contribution in [0.2, 0.25) is 0 Å². The van der Waals surface area contributed by atoms with Crippen molar-refractivity contribution in [3.63, 3.8) is 0 Å². The van der Waals surface area contributed by atoms with Crippen LogP contribution < -0.4 is 0 Å². The lowest BCUT2D eigenvalue weighted by Gasteiger charge is -2.22. The van der Waals surface area contributed by atoms with Crippen LogP contribution in [0.25, 0.3) is 0 Å². The number of carbonyl (C=O) groups is 2. The lowest BCUT2D eigenvalue weighted by molar-refractivity contribution is -0.139. The lowest BCUT2D eigenvalue weighted by atomic mass is 10.2. The van der Waals surface area contributed by atoms with Crippen LogP contribution in [0.1, 0.15) is 19.8 Å². The molecule has 0 aromatic rings. The number of likely N-dealkylation sites (N-methyl/N-ethyl adjacent to an activating group) is 2. The Morgan fingerprint density at radius 2 is 2.31 bits per heavy atom. The van der Waals surface area contributed by atoms with E-state index in [0.717, 1.165) is 13.0 Å². The SMILES string of the molecule is CCC(=O)N(C)C1CCN(C)C1=O. The van der Waals surface area contributed by atoms with Crippen LogP contribution in [0.4, 0.5) is 0 Å². The summed E-state index contributed by atoms with van der Waals surface area (Å²) >= 11 is 0. The molecule has 1 aliphatic heterocycles. The van der Waals surface area contributed by atoms with Gasteiger partial charge in [0.1, 0.15) is 6.04 Å². The van der Waals surface area contributed by atoms with Crippen molar-refractivity contribution in [2.45, 2.75) is 25.8 Å². The maximum Gasteiger partial charge on any atom is 0.245 e. The molecule has 0 bridgehead atoms. The first-order valence-electron chi connectivity index (χ1n) is 4.58. The fourth-order valence-corrected chi connectivity index (χ4v) is 1.59. The smallest absolute Gasteiger partial charge is 0.245 e. The van der Waals surface area contributed by atoms with E-state index in [9.17, 15) is 9.59 Å². The van der Waals surface area contributed by atoms with Crippen LogP contribution in [-0.2, 0) is 9.59 Å². The molecule has 13 heavy (non-hydrogen) atoms. The van der Waals surface area contributed by atoms with Gasteiger partial charge < -0.3 is 9.80 Å². The minimum absolute atomic E-state index is 0.0358. The molecule has 2 amide bonds. The molecule has 74 valence electrons. The van der Waals surface area contributed by atoms with Crippen molar-refractivity contribution in [3.05, 3.63) is 0 Å². The summed E-state index contributed by atoms with van der Waals surface area (Å²) < 4.78 is 0. The van der Waals surface area contributed by atoms with Crippen LogP contribution in [-0.4, -0.2) is 48.3 Å². The van der Waals surface area contributed by atoms with E-state index in [-0.39, 0.29) is 17.9 Å². The molecule has 1 aliphatic rings. The van der Waals surface area contributed by atoms with Gasteiger partial charge in [-0.1, -0.05) is 6.92 Å². The Bertz CT molecular complexity index is 228. The third kappa shape index (κ3) is 1.82. The van der Waals surface area contributed by atoms with Crippen molar-refractivity contribution in [3.8, 4) is 0 Å². The number of hydrogen-bond donors (Lipinski definition) is 0. The zero-order valence-electron chi connectivity index (χ0n) is 8.41. The Hall–Kier alpha value is -1.06. The van der Waals surface area contributed by atoms with E-state index in [2.05, 4.69) is 0 Å². The van der Waals surface area contributed by atoms with Crippen molar-refractivity contribution in [2.24, 2.45) is 0 Å². The second-order valence-electron chi connectivity index (χ2n) is 3.42. The van der Waals surface area contributed by atoms with Gasteiger partial charge in [0, 0.05) is 27.1 Å². The molecule has 0 N–H and O–H groups in total. The van der Waals surface area contributed by atoms with Gasteiger partial charge in [-0.2, -0.15) is 0 Å². The Morgan fingerprint density at radius 3 is 2.69 bits per heavy atom. The molecule has 0 aliphatic carbocycles. The first-order chi connectivity index (χ1) is 6.07. The molecule has 1 saturated heterocycles. The molecule has 1 heterocycles. The van der Waals surface area contributed by atoms with E-state index in [4.69, 9.17) is 0 Å². The zero-order valence-corrected chi connectivity index (χ0v) is 8.41. The summed E-state index contributed by atoms with van der Waals surface area (Å²) in [5, 5.41) is 0. The predicted molar refractivity (Wildman–Crippen MR) is 49.1 cm³/mol. The number of amides is 2. The third-order valence-electron chi connectivity index (χ3n) is 2.56. The molecular weight excluding hydrogens is 168 g/mol. The highest BCUT2D eigenvalue weighted by molar-refractivity contribution is 5.88. The van der Waals surface area contributed by atoms with Crippen LogP contribution in [0.5, 0.6) is 0 Å². The number of hydrogen-bond acceptors (Lipinski definition) is 2. The molecule has 0 aromatic heterocycles. The van der Waals surface area contributed by atoms with Crippen molar-refractivity contribution >= 4 is 11.8 Å². The highest BCUT2D eigenvalue weighted by Gasteiger charge is 2.33. The Labute approximate surface area is 78.5 Å². The van der Waals surface area contributed by atoms with Gasteiger partial charge in [-0.15, -0.1) is 0 Å². The predicted octanol–water partition coefficient (Wildman–Crippen LogP) is 0.0855. The minimum atomic E-state index is -0.225. The molecule has 0 saturated carbocycles. The van der Waals surface area contributed by atoms with Gasteiger partial charge in [-0.25, -0.2) is 0 Å². The molecule has 1 fully saturated rings. The largest absolute Gasteiger partial charge is 0.344 e. The second kappa shape index (κ2) is 3.77. The van der Waals surface area contributed by atoms with E-state index in [1.165, 1.54) is 0 Å². The van der Waals surface area contributed by atoms with Gasteiger partial charge in [-0.3, -0.25) is 9.59 Å². The van der Waals surface area contributed by atoms with Gasteiger partial charge in [0.15, 0.2) is 0 Å². The van der Waals surface area contributed by atoms with Crippen LogP contribution in [0, 0.1) is 0 Å². The summed E-state index contributed by atoms with van der Waals surface area (Å²) in [7, 11) is 3.47. The molecule has 4 heteroatoms. The highest BCUT2D eigenvalue weighted by Crippen LogP contribution is 2.14. The average molecular weight is 184 g/mol. The number of carbonyl (C=O) groups excluding carboxylic acids is 2. The van der Waals surface area contributed by atoms with Gasteiger partial charge >= 0.3 is 0 Å². The first kappa shape index (κ1) is 10.0. The summed E-state index contributed by atoms with van der Waals surface area (Å²) in [6.45, 7) is 2.56. The summed E-state index contributed by atoms with van der Waals surface area (Å²) in [5.74, 6) is 0.0953. The number of likely N-dealkylation sites (tertiary alicyclic amines) is 1. The summed E-state index contributed by atoms with van der Waals surface area (Å²) in [4.78, 5) is 26.0. The number of nitrogens with zero attached hydrogens (tertiary/aromatic N) is 2. The molecule has 0 spiro atoms. The van der Waals surface area contributed by atoms with E-state index >= 15 is 0 Å². The Morgan fingerprint density at radius 1 is 1.69 bits per heavy atom. The highest BCUT2D eigenvalue weighted by atomic mass is 16.2. The maximum atomic E-state index is 11.5. The Balaban J connectivity index is 2.63. The topological polar surface area (TPSA) is 40.6 Å². The van der Waals surface area contributed by atoms with E-state index in [1.54, 1.807) is 23.9 Å². The third-order valence-corrected chi connectivity index (χ3v) is 2.56. The molecule has 4 nitrogen and oxygen atoms in total. The van der Waals surface area contributed by atoms with Crippen LogP contribution >= 0.6 is 0 Å². The number of rotatable bonds is 2. The molecule has 0 aromatic carbocycles. The summed E-state index contributed by atoms with van der Waals surface area (Å²) in [6.07, 6.45) is 1.22. The van der Waals surface area contributed by atoms with Gasteiger partial charge in [0.2, 0.25) is 11.8 Å². The minimum Gasteiger partial charge on any atom is -0.344 e. The summed E-state index contributed by atoms with van der Waals surface area (Å²) in [5.41, 5.74) is 0. The van der Waals surface area contributed by atoms with E-state index in [0.29, 0.717) is 6.42 Å². The van der Waals surface area contributed by atoms with Crippen molar-refractivity contribution in [2.75, 3.05) is 20.6 Å². The monoisotopic (exact) mass is 184 g/mol. The van der Waals surface area contributed by atoms with Gasteiger partial charge in [0.25, 0.3) is 0 Å².